The average Bonchev–Trinajstić information content (AvgIpc) is 1.57. The summed E-state index contributed by atoms with van der Waals surface area (Å²) in [4.78, 5) is 1.73. The van der Waals surface area contributed by atoms with Crippen molar-refractivity contribution in [2.24, 2.45) is 0 Å². The highest BCUT2D eigenvalue weighted by Gasteiger charge is 2.44. The van der Waals surface area contributed by atoms with Crippen LogP contribution in [0.2, 0.25) is 0 Å². The summed E-state index contributed by atoms with van der Waals surface area (Å²) in [6.07, 6.45) is 0. The molecule has 0 saturated heterocycles. The Morgan fingerprint density at radius 1 is 0.362 bits per heavy atom. The van der Waals surface area contributed by atoms with E-state index in [1.54, 1.807) is 17.0 Å². The third-order valence-corrected chi connectivity index (χ3v) is 18.9. The van der Waals surface area contributed by atoms with Gasteiger partial charge in [0.25, 0.3) is 6.71 Å². The molecule has 0 saturated carbocycles. The van der Waals surface area contributed by atoms with Gasteiger partial charge in [-0.15, -0.1) is 0 Å². The number of para-hydroxylation sites is 6. The Morgan fingerprint density at radius 3 is 1.52 bits per heavy atom. The van der Waals surface area contributed by atoms with Crippen molar-refractivity contribution in [1.82, 2.24) is 13.7 Å². The fraction of sp³-hybridized carbons (Fsp3) is 0.0455. The summed E-state index contributed by atoms with van der Waals surface area (Å²) in [6.45, 7) is 3.94. The van der Waals surface area contributed by atoms with Crippen LogP contribution in [0.15, 0.2) is 307 Å². The highest BCUT2D eigenvalue weighted by molar-refractivity contribution is 7.00. The molecule has 0 N–H and O–H groups in total. The van der Waals surface area contributed by atoms with Crippen LogP contribution in [0.5, 0.6) is 0 Å². The van der Waals surface area contributed by atoms with E-state index in [4.69, 9.17) is 7.16 Å². The second-order valence-electron chi connectivity index (χ2n) is 24.9. The topological polar surface area (TPSA) is 31.2 Å². The summed E-state index contributed by atoms with van der Waals surface area (Å²) < 4.78 is 232. The van der Waals surface area contributed by atoms with Crippen molar-refractivity contribution < 1.29 is 34.6 Å². The maximum absolute atomic E-state index is 11.6. The van der Waals surface area contributed by atoms with Gasteiger partial charge in [-0.3, -0.25) is 0 Å². The highest BCUT2D eigenvalue weighted by Crippen LogP contribution is 2.51. The van der Waals surface area contributed by atoms with E-state index < -0.39 is 133 Å². The monoisotopic (exact) mass is 1220 g/mol. The van der Waals surface area contributed by atoms with Gasteiger partial charge in [0.05, 0.1) is 74.6 Å². The molecule has 0 radical (unpaired) electrons. The van der Waals surface area contributed by atoms with E-state index in [0.717, 1.165) is 11.1 Å². The number of fused-ring (bicyclic) bond motifs is 20. The van der Waals surface area contributed by atoms with Crippen LogP contribution in [-0.2, 0) is 5.41 Å². The van der Waals surface area contributed by atoms with Crippen molar-refractivity contribution in [3.63, 3.8) is 0 Å². The molecule has 0 aliphatic carbocycles. The van der Waals surface area contributed by atoms with Gasteiger partial charge in [0, 0.05) is 71.4 Å². The van der Waals surface area contributed by atoms with E-state index in [-0.39, 0.29) is 128 Å². The summed E-state index contributed by atoms with van der Waals surface area (Å²) in [7, 11) is 0. The molecule has 5 nitrogen and oxygen atoms in total. The van der Waals surface area contributed by atoms with Crippen LogP contribution in [0, 0.1) is 0 Å². The Bertz CT molecular complexity index is 7580. The van der Waals surface area contributed by atoms with Crippen molar-refractivity contribution in [2.75, 3.05) is 4.90 Å². The van der Waals surface area contributed by atoms with Gasteiger partial charge in [-0.1, -0.05) is 257 Å². The number of nitrogens with zero attached hydrogens (tertiary/aromatic N) is 4. The maximum Gasteiger partial charge on any atom is 0.252 e. The molecular weight excluding hydrogens is 1140 g/mol. The molecule has 0 fully saturated rings. The molecule has 4 aromatic heterocycles. The quantitative estimate of drug-likeness (QED) is 0.161. The van der Waals surface area contributed by atoms with Gasteiger partial charge in [0.15, 0.2) is 5.58 Å². The van der Waals surface area contributed by atoms with Crippen molar-refractivity contribution in [3.8, 4) is 39.3 Å². The Kier molecular flexibility index (Phi) is 7.52. The minimum absolute atomic E-state index is 0.0331. The summed E-state index contributed by atoms with van der Waals surface area (Å²) in [5.41, 5.74) is 0.983. The van der Waals surface area contributed by atoms with E-state index in [1.165, 1.54) is 15.2 Å². The lowest BCUT2D eigenvalue weighted by atomic mass is 9.33. The summed E-state index contributed by atoms with van der Waals surface area (Å²) in [5, 5.41) is 2.72. The number of anilines is 3. The first-order valence-electron chi connectivity index (χ1n) is 42.0. The molecule has 6 heterocycles. The van der Waals surface area contributed by atoms with Crippen molar-refractivity contribution in [3.05, 3.63) is 308 Å². The number of aromatic nitrogens is 3. The first-order chi connectivity index (χ1) is 55.5. The van der Waals surface area contributed by atoms with Gasteiger partial charge in [0.2, 0.25) is 0 Å². The molecule has 440 valence electrons. The van der Waals surface area contributed by atoms with Gasteiger partial charge in [0.1, 0.15) is 5.58 Å². The van der Waals surface area contributed by atoms with Crippen LogP contribution in [-0.4, -0.2) is 20.4 Å². The molecule has 2 aliphatic heterocycles. The van der Waals surface area contributed by atoms with Crippen LogP contribution >= 0.6 is 0 Å². The number of furan rings is 1. The number of hydrogen-bond acceptors (Lipinski definition) is 2. The minimum atomic E-state index is -1.67. The van der Waals surface area contributed by atoms with E-state index in [1.807, 2.05) is 177 Å². The van der Waals surface area contributed by atoms with E-state index >= 15 is 0 Å². The van der Waals surface area contributed by atoms with E-state index in [0.29, 0.717) is 59.9 Å². The fourth-order valence-corrected chi connectivity index (χ4v) is 14.9. The lowest BCUT2D eigenvalue weighted by molar-refractivity contribution is 0.590. The minimum Gasteiger partial charge on any atom is -0.454 e. The lowest BCUT2D eigenvalue weighted by Crippen LogP contribution is -2.60. The molecule has 0 spiro atoms. The Labute approximate surface area is 574 Å². The smallest absolute Gasteiger partial charge is 0.252 e. The van der Waals surface area contributed by atoms with Gasteiger partial charge in [-0.2, -0.15) is 0 Å². The number of benzene rings is 14. The van der Waals surface area contributed by atoms with Crippen LogP contribution in [0.25, 0.3) is 148 Å². The molecule has 94 heavy (non-hydrogen) atoms. The molecule has 0 atom stereocenters. The van der Waals surface area contributed by atoms with Gasteiger partial charge in [-0.05, 0) is 132 Å². The summed E-state index contributed by atoms with van der Waals surface area (Å²) in [5.74, 6) is 0. The predicted molar refractivity (Wildman–Crippen MR) is 398 cm³/mol. The largest absolute Gasteiger partial charge is 0.454 e. The zero-order valence-electron chi connectivity index (χ0n) is 72.4. The lowest BCUT2D eigenvalue weighted by Gasteiger charge is -2.42. The van der Waals surface area contributed by atoms with Gasteiger partial charge < -0.3 is 23.0 Å². The highest BCUT2D eigenvalue weighted by atomic mass is 16.3. The van der Waals surface area contributed by atoms with Gasteiger partial charge >= 0.3 is 0 Å². The first-order valence-corrected chi connectivity index (χ1v) is 31.0. The third-order valence-electron chi connectivity index (χ3n) is 18.9. The normalized spacial score (nSPS) is 16.1. The molecule has 20 rings (SSSR count). The SMILES string of the molecule is [2H]c1c(-n2c3c([2H])c([2H])c([2H])c([2H])c3c3c([2H])c([2H])c([2H])c([2H])c32)cc2c(c1[2H])B1c3c(c([2H])c(C(C)(C)C)c([2H])c3-n3c4c(-c5ccccc5)cccc4c4ccccc4c4ccccc4c4c(-n5c6c([2H])c([2H])c([2H])c([2H])c6c6c([2H])c([2H])c([2H])c([2H])c65)c([2H])c([2H])c1c43)N2c1ccc(-c2ccccc2)c2c1oc1ccccc12. The molecule has 0 unspecified atom stereocenters. The van der Waals surface area contributed by atoms with Crippen LogP contribution in [0.4, 0.5) is 17.1 Å². The van der Waals surface area contributed by atoms with Crippen LogP contribution < -0.4 is 21.3 Å². The van der Waals surface area contributed by atoms with Crippen molar-refractivity contribution in [2.45, 2.75) is 26.2 Å². The van der Waals surface area contributed by atoms with E-state index in [2.05, 4.69) is 0 Å². The molecular formula is C88H59BN4O. The van der Waals surface area contributed by atoms with Crippen LogP contribution in [0.1, 0.15) is 56.5 Å². The maximum atomic E-state index is 11.6. The van der Waals surface area contributed by atoms with E-state index in [9.17, 15) is 27.4 Å². The standard InChI is InChI=1S/C88H59BN4O/c1-88(2,3)56-51-79-84-80(52-56)93-85-59(55-27-8-5-9-28-55)38-24-39-68(85)62-31-11-10-29-60(62)61-30-12-13-36-67(61)83-76(91-74-42-21-16-34-65(74)66-35-17-22-43-75(66)91)50-48-71(86(83)93)89(84)70-47-45-57(90-72-40-19-14-32-63(72)64-33-15-20-41-73(64)90)53-78(70)92(79)77-49-46-58(54-25-6-4-7-26-54)82-69-37-18-23-44-81(69)94-87(77)82/h4-53H,1-3H3/i14D,15D,16D,17D,19D,20D,21D,22D,32D,33D,34D,35D,40D,41D,42D,43D,45D,47D,48D,50D,51D,52D. The van der Waals surface area contributed by atoms with Crippen LogP contribution in [0.3, 0.4) is 0 Å². The summed E-state index contributed by atoms with van der Waals surface area (Å²) >= 11 is 0. The average molecular weight is 1220 g/mol. The van der Waals surface area contributed by atoms with Crippen molar-refractivity contribution in [1.29, 1.82) is 0 Å². The Hall–Kier alpha value is -11.9. The number of rotatable bonds is 5. The Morgan fingerprint density at radius 2 is 0.883 bits per heavy atom. The zero-order valence-corrected chi connectivity index (χ0v) is 50.4. The molecule has 14 aromatic carbocycles. The second-order valence-corrected chi connectivity index (χ2v) is 24.9. The predicted octanol–water partition coefficient (Wildman–Crippen LogP) is 21.6. The third kappa shape index (κ3) is 7.42. The van der Waals surface area contributed by atoms with Crippen molar-refractivity contribution >= 4 is 149 Å². The fourth-order valence-electron chi connectivity index (χ4n) is 14.9. The molecule has 6 heteroatoms. The molecule has 0 amide bonds. The van der Waals surface area contributed by atoms with Gasteiger partial charge in [-0.25, -0.2) is 0 Å². The molecule has 0 bridgehead atoms. The zero-order chi connectivity index (χ0) is 81.2. The molecule has 2 aliphatic rings. The first kappa shape index (κ1) is 35.7. The second kappa shape index (κ2) is 19.8. The Balaban J connectivity index is 1.11. The molecule has 18 aromatic rings. The number of hydrogen-bond donors (Lipinski definition) is 0. The summed E-state index contributed by atoms with van der Waals surface area (Å²) in [6, 6.07) is 38.2.